The predicted molar refractivity (Wildman–Crippen MR) is 129 cm³/mol. The van der Waals surface area contributed by atoms with E-state index in [0.717, 1.165) is 16.1 Å². The van der Waals surface area contributed by atoms with E-state index in [-0.39, 0.29) is 23.0 Å². The van der Waals surface area contributed by atoms with Gasteiger partial charge in [0.15, 0.2) is 5.16 Å². The molecule has 1 aliphatic rings. The summed E-state index contributed by atoms with van der Waals surface area (Å²) in [5.41, 5.74) is 1.84. The Balaban J connectivity index is 1.44. The Hall–Kier alpha value is -2.65. The molecule has 0 atom stereocenters. The molecule has 0 N–H and O–H groups in total. The number of aromatic nitrogens is 2. The van der Waals surface area contributed by atoms with Crippen LogP contribution in [0.25, 0.3) is 10.2 Å². The number of rotatable bonds is 6. The molecule has 0 spiro atoms. The predicted octanol–water partition coefficient (Wildman–Crippen LogP) is 3.84. The fourth-order valence-electron chi connectivity index (χ4n) is 3.79. The van der Waals surface area contributed by atoms with Crippen LogP contribution in [0.5, 0.6) is 0 Å². The molecule has 4 rings (SSSR count). The molecule has 1 aliphatic heterocycles. The van der Waals surface area contributed by atoms with E-state index < -0.39 is 0 Å². The van der Waals surface area contributed by atoms with Crippen LogP contribution in [0.2, 0.25) is 0 Å². The summed E-state index contributed by atoms with van der Waals surface area (Å²) in [7, 11) is 0. The van der Waals surface area contributed by atoms with Crippen molar-refractivity contribution in [1.82, 2.24) is 14.5 Å². The van der Waals surface area contributed by atoms with E-state index in [0.29, 0.717) is 48.1 Å². The zero-order chi connectivity index (χ0) is 22.8. The van der Waals surface area contributed by atoms with Crippen LogP contribution in [0, 0.1) is 19.7 Å². The van der Waals surface area contributed by atoms with Gasteiger partial charge in [0, 0.05) is 43.3 Å². The summed E-state index contributed by atoms with van der Waals surface area (Å²) in [5.74, 6) is -0.0180. The van der Waals surface area contributed by atoms with Crippen LogP contribution in [0.15, 0.2) is 46.9 Å². The highest BCUT2D eigenvalue weighted by Gasteiger charge is 2.23. The largest absolute Gasteiger partial charge is 0.368 e. The second-order valence-corrected chi connectivity index (χ2v) is 9.84. The number of aryl methyl sites for hydroxylation is 2. The third-order valence-corrected chi connectivity index (χ3v) is 7.78. The molecule has 32 heavy (non-hydrogen) atoms. The first kappa shape index (κ1) is 22.5. The lowest BCUT2D eigenvalue weighted by molar-refractivity contribution is -0.128. The number of carbonyl (C=O) groups excluding carboxylic acids is 1. The maximum atomic E-state index is 13.2. The summed E-state index contributed by atoms with van der Waals surface area (Å²) in [5, 5.41) is 1.20. The first-order valence-electron chi connectivity index (χ1n) is 10.4. The third-order valence-electron chi connectivity index (χ3n) is 5.71. The smallest absolute Gasteiger partial charge is 0.263 e. The van der Waals surface area contributed by atoms with Gasteiger partial charge in [-0.05, 0) is 43.7 Å². The molecule has 2 aromatic heterocycles. The molecule has 0 radical (unpaired) electrons. The number of anilines is 1. The van der Waals surface area contributed by atoms with E-state index >= 15 is 0 Å². The summed E-state index contributed by atoms with van der Waals surface area (Å²) in [6, 6.07) is 6.42. The minimum absolute atomic E-state index is 0.0202. The van der Waals surface area contributed by atoms with Gasteiger partial charge in [-0.15, -0.1) is 17.9 Å². The van der Waals surface area contributed by atoms with Crippen molar-refractivity contribution in [3.05, 3.63) is 63.5 Å². The van der Waals surface area contributed by atoms with Crippen molar-refractivity contribution >= 4 is 44.9 Å². The molecule has 9 heteroatoms. The van der Waals surface area contributed by atoms with Crippen molar-refractivity contribution in [3.63, 3.8) is 0 Å². The van der Waals surface area contributed by atoms with E-state index in [1.807, 2.05) is 18.7 Å². The average molecular weight is 473 g/mol. The molecular weight excluding hydrogens is 447 g/mol. The van der Waals surface area contributed by atoms with Crippen LogP contribution < -0.4 is 10.5 Å². The van der Waals surface area contributed by atoms with Gasteiger partial charge in [0.25, 0.3) is 5.56 Å². The first-order valence-corrected chi connectivity index (χ1v) is 12.2. The Morgan fingerprint density at radius 3 is 2.56 bits per heavy atom. The Bertz CT molecular complexity index is 1210. The number of benzene rings is 1. The van der Waals surface area contributed by atoms with Gasteiger partial charge in [0.05, 0.1) is 11.1 Å². The van der Waals surface area contributed by atoms with E-state index in [1.165, 1.54) is 35.2 Å². The number of nitrogens with zero attached hydrogens (tertiary/aromatic N) is 4. The van der Waals surface area contributed by atoms with Crippen LogP contribution in [0.3, 0.4) is 0 Å². The third kappa shape index (κ3) is 4.45. The number of hydrogen-bond acceptors (Lipinski definition) is 6. The second kappa shape index (κ2) is 9.46. The van der Waals surface area contributed by atoms with Crippen LogP contribution in [0.4, 0.5) is 10.1 Å². The second-order valence-electron chi connectivity index (χ2n) is 7.70. The highest BCUT2D eigenvalue weighted by Crippen LogP contribution is 2.28. The maximum Gasteiger partial charge on any atom is 0.263 e. The number of allylic oxidation sites excluding steroid dienone is 1. The molecule has 0 saturated carbocycles. The number of amides is 1. The number of thioether (sulfide) groups is 1. The lowest BCUT2D eigenvalue weighted by Crippen LogP contribution is -2.49. The molecule has 1 amide bonds. The molecular formula is C23H25FN4O2S2. The lowest BCUT2D eigenvalue weighted by Gasteiger charge is -2.36. The molecule has 6 nitrogen and oxygen atoms in total. The molecule has 1 fully saturated rings. The summed E-state index contributed by atoms with van der Waals surface area (Å²) >= 11 is 2.80. The van der Waals surface area contributed by atoms with Gasteiger partial charge in [-0.2, -0.15) is 0 Å². The van der Waals surface area contributed by atoms with Gasteiger partial charge < -0.3 is 9.80 Å². The highest BCUT2D eigenvalue weighted by atomic mass is 32.2. The monoisotopic (exact) mass is 472 g/mol. The highest BCUT2D eigenvalue weighted by molar-refractivity contribution is 7.99. The Labute approximate surface area is 194 Å². The normalized spacial score (nSPS) is 14.2. The van der Waals surface area contributed by atoms with Crippen LogP contribution in [-0.2, 0) is 11.3 Å². The number of carbonyl (C=O) groups is 1. The Kier molecular flexibility index (Phi) is 6.66. The molecule has 0 aliphatic carbocycles. The van der Waals surface area contributed by atoms with Gasteiger partial charge in [0.1, 0.15) is 10.6 Å². The van der Waals surface area contributed by atoms with Gasteiger partial charge in [-0.25, -0.2) is 9.37 Å². The quantitative estimate of drug-likeness (QED) is 0.310. The topological polar surface area (TPSA) is 58.4 Å². The number of thiophene rings is 1. The van der Waals surface area contributed by atoms with Crippen LogP contribution >= 0.6 is 23.1 Å². The summed E-state index contributed by atoms with van der Waals surface area (Å²) in [6.45, 7) is 10.6. The first-order chi connectivity index (χ1) is 15.4. The molecule has 1 aromatic carbocycles. The Morgan fingerprint density at radius 1 is 1.22 bits per heavy atom. The number of halogens is 1. The standard InChI is InChI=1S/C23H25FN4O2S2/c1-4-9-28-22(30)20-15(2)16(3)32-21(20)25-23(28)31-14-19(29)27-12-10-26(11-13-27)18-7-5-17(24)6-8-18/h4-8H,1,9-14H2,2-3H3. The van der Waals surface area contributed by atoms with E-state index in [2.05, 4.69) is 11.5 Å². The average Bonchev–Trinajstić information content (AvgIpc) is 3.08. The van der Waals surface area contributed by atoms with Gasteiger partial charge in [-0.1, -0.05) is 17.8 Å². The van der Waals surface area contributed by atoms with Crippen molar-refractivity contribution in [2.75, 3.05) is 36.8 Å². The molecule has 0 bridgehead atoms. The Morgan fingerprint density at radius 2 is 1.91 bits per heavy atom. The maximum absolute atomic E-state index is 13.2. The zero-order valence-electron chi connectivity index (χ0n) is 18.1. The van der Waals surface area contributed by atoms with Gasteiger partial charge in [-0.3, -0.25) is 14.2 Å². The summed E-state index contributed by atoms with van der Waals surface area (Å²) < 4.78 is 14.7. The van der Waals surface area contributed by atoms with Crippen LogP contribution in [-0.4, -0.2) is 52.3 Å². The van der Waals surface area contributed by atoms with E-state index in [9.17, 15) is 14.0 Å². The van der Waals surface area contributed by atoms with Crippen molar-refractivity contribution in [2.24, 2.45) is 0 Å². The lowest BCUT2D eigenvalue weighted by atomic mass is 10.2. The fraction of sp³-hybridized carbons (Fsp3) is 0.348. The summed E-state index contributed by atoms with van der Waals surface area (Å²) in [4.78, 5) is 36.4. The van der Waals surface area contributed by atoms with Crippen molar-refractivity contribution < 1.29 is 9.18 Å². The van der Waals surface area contributed by atoms with Gasteiger partial charge >= 0.3 is 0 Å². The molecule has 1 saturated heterocycles. The van der Waals surface area contributed by atoms with Crippen molar-refractivity contribution in [2.45, 2.75) is 25.5 Å². The summed E-state index contributed by atoms with van der Waals surface area (Å²) in [6.07, 6.45) is 1.67. The van der Waals surface area contributed by atoms with E-state index in [4.69, 9.17) is 4.98 Å². The molecule has 3 aromatic rings. The van der Waals surface area contributed by atoms with Crippen molar-refractivity contribution in [1.29, 1.82) is 0 Å². The van der Waals surface area contributed by atoms with Crippen LogP contribution in [0.1, 0.15) is 10.4 Å². The molecule has 168 valence electrons. The SMILES string of the molecule is C=CCn1c(SCC(=O)N2CCN(c3ccc(F)cc3)CC2)nc2sc(C)c(C)c2c1=O. The molecule has 3 heterocycles. The zero-order valence-corrected chi connectivity index (χ0v) is 19.8. The number of hydrogen-bond donors (Lipinski definition) is 0. The number of piperazine rings is 1. The molecule has 0 unspecified atom stereocenters. The van der Waals surface area contributed by atoms with E-state index in [1.54, 1.807) is 22.8 Å². The number of fused-ring (bicyclic) bond motifs is 1. The minimum atomic E-state index is -0.255. The minimum Gasteiger partial charge on any atom is -0.368 e. The fourth-order valence-corrected chi connectivity index (χ4v) is 5.77. The van der Waals surface area contributed by atoms with Gasteiger partial charge in [0.2, 0.25) is 5.91 Å². The van der Waals surface area contributed by atoms with Crippen molar-refractivity contribution in [3.8, 4) is 0 Å².